The van der Waals surface area contributed by atoms with Crippen molar-refractivity contribution in [3.05, 3.63) is 28.2 Å². The Hall–Kier alpha value is -1.36. The summed E-state index contributed by atoms with van der Waals surface area (Å²) in [6, 6.07) is 5.03. The molecule has 1 fully saturated rings. The first kappa shape index (κ1) is 14.1. The SMILES string of the molecule is O=Cc1ccc(OCC(=O)N2CCCCC2)c(Br)c1. The monoisotopic (exact) mass is 325 g/mol. The zero-order valence-corrected chi connectivity index (χ0v) is 12.2. The van der Waals surface area contributed by atoms with Crippen LogP contribution in [0.25, 0.3) is 0 Å². The zero-order chi connectivity index (χ0) is 13.7. The predicted octanol–water partition coefficient (Wildman–Crippen LogP) is 2.65. The molecule has 1 aliphatic rings. The molecule has 1 saturated heterocycles. The zero-order valence-electron chi connectivity index (χ0n) is 10.6. The van der Waals surface area contributed by atoms with Gasteiger partial charge in [-0.25, -0.2) is 0 Å². The molecule has 4 nitrogen and oxygen atoms in total. The Balaban J connectivity index is 1.91. The van der Waals surface area contributed by atoms with Crippen LogP contribution in [0.4, 0.5) is 0 Å². The number of ether oxygens (including phenoxy) is 1. The van der Waals surface area contributed by atoms with Crippen molar-refractivity contribution in [2.24, 2.45) is 0 Å². The van der Waals surface area contributed by atoms with Gasteiger partial charge in [0.1, 0.15) is 12.0 Å². The van der Waals surface area contributed by atoms with Crippen molar-refractivity contribution in [1.82, 2.24) is 4.90 Å². The number of amides is 1. The van der Waals surface area contributed by atoms with Gasteiger partial charge in [0.15, 0.2) is 6.61 Å². The molecule has 2 rings (SSSR count). The van der Waals surface area contributed by atoms with E-state index >= 15 is 0 Å². The molecule has 1 aromatic rings. The van der Waals surface area contributed by atoms with Crippen molar-refractivity contribution in [2.75, 3.05) is 19.7 Å². The van der Waals surface area contributed by atoms with E-state index in [1.807, 2.05) is 4.90 Å². The Kier molecular flexibility index (Phi) is 4.96. The van der Waals surface area contributed by atoms with E-state index in [0.29, 0.717) is 15.8 Å². The quantitative estimate of drug-likeness (QED) is 0.799. The first-order valence-electron chi connectivity index (χ1n) is 6.36. The number of nitrogens with zero attached hydrogens (tertiary/aromatic N) is 1. The summed E-state index contributed by atoms with van der Waals surface area (Å²) in [4.78, 5) is 24.4. The van der Waals surface area contributed by atoms with Crippen LogP contribution in [0.15, 0.2) is 22.7 Å². The Morgan fingerprint density at radius 1 is 1.32 bits per heavy atom. The number of carbonyl (C=O) groups is 2. The van der Waals surface area contributed by atoms with Crippen LogP contribution >= 0.6 is 15.9 Å². The van der Waals surface area contributed by atoms with Gasteiger partial charge in [-0.2, -0.15) is 0 Å². The standard InChI is InChI=1S/C14H16BrNO3/c15-12-8-11(9-17)4-5-13(12)19-10-14(18)16-6-2-1-3-7-16/h4-5,8-9H,1-3,6-7,10H2. The minimum atomic E-state index is 0.0195. The molecule has 1 aromatic carbocycles. The lowest BCUT2D eigenvalue weighted by molar-refractivity contribution is -0.134. The Morgan fingerprint density at radius 2 is 2.05 bits per heavy atom. The first-order valence-corrected chi connectivity index (χ1v) is 7.15. The third-order valence-corrected chi connectivity index (χ3v) is 3.77. The largest absolute Gasteiger partial charge is 0.483 e. The molecule has 0 N–H and O–H groups in total. The Bertz CT molecular complexity index is 470. The average Bonchev–Trinajstić information content (AvgIpc) is 2.46. The van der Waals surface area contributed by atoms with Gasteiger partial charge in [0, 0.05) is 18.7 Å². The van der Waals surface area contributed by atoms with Crippen LogP contribution in [-0.4, -0.2) is 36.8 Å². The number of carbonyl (C=O) groups excluding carboxylic acids is 2. The number of halogens is 1. The lowest BCUT2D eigenvalue weighted by Gasteiger charge is -2.26. The van der Waals surface area contributed by atoms with Gasteiger partial charge in [0.05, 0.1) is 4.47 Å². The van der Waals surface area contributed by atoms with E-state index in [-0.39, 0.29) is 12.5 Å². The second-order valence-electron chi connectivity index (χ2n) is 4.54. The minimum Gasteiger partial charge on any atom is -0.483 e. The van der Waals surface area contributed by atoms with E-state index in [2.05, 4.69) is 15.9 Å². The van der Waals surface area contributed by atoms with E-state index in [4.69, 9.17) is 4.74 Å². The van der Waals surface area contributed by atoms with Gasteiger partial charge in [-0.05, 0) is 53.4 Å². The van der Waals surface area contributed by atoms with Gasteiger partial charge in [0.2, 0.25) is 0 Å². The van der Waals surface area contributed by atoms with Crippen LogP contribution in [0.2, 0.25) is 0 Å². The molecule has 0 radical (unpaired) electrons. The summed E-state index contributed by atoms with van der Waals surface area (Å²) in [5.74, 6) is 0.599. The van der Waals surface area contributed by atoms with E-state index < -0.39 is 0 Å². The normalized spacial score (nSPS) is 15.1. The molecular formula is C14H16BrNO3. The van der Waals surface area contributed by atoms with Crippen molar-refractivity contribution < 1.29 is 14.3 Å². The molecular weight excluding hydrogens is 310 g/mol. The second-order valence-corrected chi connectivity index (χ2v) is 5.39. The average molecular weight is 326 g/mol. The van der Waals surface area contributed by atoms with Crippen LogP contribution in [0.3, 0.4) is 0 Å². The van der Waals surface area contributed by atoms with E-state index in [0.717, 1.165) is 32.2 Å². The molecule has 5 heteroatoms. The number of hydrogen-bond donors (Lipinski definition) is 0. The first-order chi connectivity index (χ1) is 9.20. The van der Waals surface area contributed by atoms with Crippen molar-refractivity contribution in [2.45, 2.75) is 19.3 Å². The highest BCUT2D eigenvalue weighted by atomic mass is 79.9. The molecule has 0 atom stereocenters. The molecule has 1 amide bonds. The third-order valence-electron chi connectivity index (χ3n) is 3.15. The van der Waals surface area contributed by atoms with Crippen LogP contribution in [0, 0.1) is 0 Å². The maximum Gasteiger partial charge on any atom is 0.260 e. The lowest BCUT2D eigenvalue weighted by Crippen LogP contribution is -2.38. The highest BCUT2D eigenvalue weighted by Crippen LogP contribution is 2.25. The van der Waals surface area contributed by atoms with Crippen LogP contribution in [-0.2, 0) is 4.79 Å². The fourth-order valence-electron chi connectivity index (χ4n) is 2.08. The van der Waals surface area contributed by atoms with E-state index in [1.165, 1.54) is 6.42 Å². The summed E-state index contributed by atoms with van der Waals surface area (Å²) in [6.07, 6.45) is 4.11. The summed E-state index contributed by atoms with van der Waals surface area (Å²) in [6.45, 7) is 1.69. The minimum absolute atomic E-state index is 0.0195. The van der Waals surface area contributed by atoms with Crippen LogP contribution in [0.1, 0.15) is 29.6 Å². The summed E-state index contributed by atoms with van der Waals surface area (Å²) in [7, 11) is 0. The van der Waals surface area contributed by atoms with Crippen molar-refractivity contribution >= 4 is 28.1 Å². The Morgan fingerprint density at radius 3 is 2.68 bits per heavy atom. The fraction of sp³-hybridized carbons (Fsp3) is 0.429. The number of piperidine rings is 1. The van der Waals surface area contributed by atoms with Crippen molar-refractivity contribution in [3.8, 4) is 5.75 Å². The summed E-state index contributed by atoms with van der Waals surface area (Å²) >= 11 is 3.33. The molecule has 102 valence electrons. The van der Waals surface area contributed by atoms with Crippen molar-refractivity contribution in [1.29, 1.82) is 0 Å². The smallest absolute Gasteiger partial charge is 0.260 e. The number of likely N-dealkylation sites (tertiary alicyclic amines) is 1. The summed E-state index contributed by atoms with van der Waals surface area (Å²) in [5.41, 5.74) is 0.571. The number of rotatable bonds is 4. The molecule has 0 aliphatic carbocycles. The van der Waals surface area contributed by atoms with E-state index in [1.54, 1.807) is 18.2 Å². The van der Waals surface area contributed by atoms with Gasteiger partial charge >= 0.3 is 0 Å². The lowest BCUT2D eigenvalue weighted by atomic mass is 10.1. The Labute approximate surface area is 120 Å². The van der Waals surface area contributed by atoms with Gasteiger partial charge in [-0.1, -0.05) is 0 Å². The van der Waals surface area contributed by atoms with Crippen molar-refractivity contribution in [3.63, 3.8) is 0 Å². The molecule has 0 aromatic heterocycles. The maximum absolute atomic E-state index is 11.9. The molecule has 0 saturated carbocycles. The number of hydrogen-bond acceptors (Lipinski definition) is 3. The fourth-order valence-corrected chi connectivity index (χ4v) is 2.59. The summed E-state index contributed by atoms with van der Waals surface area (Å²) in [5, 5.41) is 0. The van der Waals surface area contributed by atoms with Gasteiger partial charge < -0.3 is 9.64 Å². The van der Waals surface area contributed by atoms with E-state index in [9.17, 15) is 9.59 Å². The molecule has 19 heavy (non-hydrogen) atoms. The highest BCUT2D eigenvalue weighted by Gasteiger charge is 2.17. The number of benzene rings is 1. The van der Waals surface area contributed by atoms with Gasteiger partial charge in [0.25, 0.3) is 5.91 Å². The topological polar surface area (TPSA) is 46.6 Å². The maximum atomic E-state index is 11.9. The molecule has 0 unspecified atom stereocenters. The van der Waals surface area contributed by atoms with Crippen LogP contribution in [0.5, 0.6) is 5.75 Å². The number of aldehydes is 1. The predicted molar refractivity (Wildman–Crippen MR) is 75.5 cm³/mol. The molecule has 1 heterocycles. The van der Waals surface area contributed by atoms with Crippen LogP contribution < -0.4 is 4.74 Å². The second kappa shape index (κ2) is 6.70. The van der Waals surface area contributed by atoms with Gasteiger partial charge in [-0.15, -0.1) is 0 Å². The molecule has 0 bridgehead atoms. The highest BCUT2D eigenvalue weighted by molar-refractivity contribution is 9.10. The van der Waals surface area contributed by atoms with Gasteiger partial charge in [-0.3, -0.25) is 9.59 Å². The third kappa shape index (κ3) is 3.80. The molecule has 1 aliphatic heterocycles. The molecule has 0 spiro atoms. The summed E-state index contributed by atoms with van der Waals surface area (Å²) < 4.78 is 6.18.